The molecule has 2 aliphatic rings. The highest BCUT2D eigenvalue weighted by molar-refractivity contribution is 8.14. The van der Waals surface area contributed by atoms with Gasteiger partial charge in [0.25, 0.3) is 11.1 Å². The molecule has 124 valence electrons. The molecule has 1 aliphatic carbocycles. The third kappa shape index (κ3) is 3.15. The lowest BCUT2D eigenvalue weighted by molar-refractivity contribution is -0.127. The Labute approximate surface area is 139 Å². The first kappa shape index (κ1) is 16.1. The summed E-state index contributed by atoms with van der Waals surface area (Å²) in [6, 6.07) is 1.28. The molecule has 7 heteroatoms. The van der Waals surface area contributed by atoms with Crippen molar-refractivity contribution in [3.8, 4) is 0 Å². The van der Waals surface area contributed by atoms with Crippen LogP contribution in [0.1, 0.15) is 47.6 Å². The Bertz CT molecular complexity index is 639. The zero-order valence-corrected chi connectivity index (χ0v) is 14.1. The zero-order chi connectivity index (χ0) is 16.6. The second kappa shape index (κ2) is 6.39. The molecule has 1 saturated carbocycles. The van der Waals surface area contributed by atoms with Crippen LogP contribution in [0, 0.1) is 13.8 Å². The van der Waals surface area contributed by atoms with Crippen LogP contribution in [0.15, 0.2) is 10.5 Å². The Morgan fingerprint density at radius 2 is 2.04 bits per heavy atom. The van der Waals surface area contributed by atoms with E-state index in [-0.39, 0.29) is 34.9 Å². The minimum absolute atomic E-state index is 0.151. The number of carbonyl (C=O) groups is 3. The quantitative estimate of drug-likeness (QED) is 0.918. The first-order valence-electron chi connectivity index (χ1n) is 7.84. The summed E-state index contributed by atoms with van der Waals surface area (Å²) in [5.41, 5.74) is 0.514. The van der Waals surface area contributed by atoms with Crippen molar-refractivity contribution in [2.75, 3.05) is 5.75 Å². The van der Waals surface area contributed by atoms with Gasteiger partial charge in [0, 0.05) is 0 Å². The number of imide groups is 1. The van der Waals surface area contributed by atoms with Crippen LogP contribution in [0.5, 0.6) is 0 Å². The lowest BCUT2D eigenvalue weighted by atomic mass is 9.89. The van der Waals surface area contributed by atoms with Crippen LogP contribution < -0.4 is 5.32 Å². The molecule has 1 aromatic heterocycles. The van der Waals surface area contributed by atoms with Crippen LogP contribution in [0.2, 0.25) is 0 Å². The molecule has 23 heavy (non-hydrogen) atoms. The molecule has 2 fully saturated rings. The van der Waals surface area contributed by atoms with Gasteiger partial charge in [-0.05, 0) is 32.8 Å². The van der Waals surface area contributed by atoms with E-state index in [0.29, 0.717) is 17.1 Å². The van der Waals surface area contributed by atoms with Gasteiger partial charge < -0.3 is 9.73 Å². The van der Waals surface area contributed by atoms with Gasteiger partial charge in [-0.3, -0.25) is 19.3 Å². The highest BCUT2D eigenvalue weighted by Crippen LogP contribution is 2.30. The summed E-state index contributed by atoms with van der Waals surface area (Å²) < 4.78 is 5.40. The summed E-state index contributed by atoms with van der Waals surface area (Å²) in [5, 5.41) is 2.81. The molecular formula is C16H20N2O4S. The fourth-order valence-corrected chi connectivity index (χ4v) is 4.14. The number of hydrogen-bond acceptors (Lipinski definition) is 5. The van der Waals surface area contributed by atoms with Crippen molar-refractivity contribution in [1.82, 2.24) is 10.2 Å². The minimum atomic E-state index is -0.240. The van der Waals surface area contributed by atoms with Crippen LogP contribution in [0.25, 0.3) is 0 Å². The van der Waals surface area contributed by atoms with E-state index in [2.05, 4.69) is 5.32 Å². The third-order valence-electron chi connectivity index (χ3n) is 4.45. The van der Waals surface area contributed by atoms with E-state index in [1.807, 2.05) is 0 Å². The van der Waals surface area contributed by atoms with Crippen molar-refractivity contribution < 1.29 is 18.8 Å². The lowest BCUT2D eigenvalue weighted by Crippen LogP contribution is -2.54. The third-order valence-corrected chi connectivity index (χ3v) is 5.28. The van der Waals surface area contributed by atoms with Crippen LogP contribution in [0.4, 0.5) is 4.79 Å². The number of nitrogens with one attached hydrogen (secondary N) is 1. The van der Waals surface area contributed by atoms with E-state index in [1.165, 1.54) is 4.90 Å². The fraction of sp³-hybridized carbons (Fsp3) is 0.562. The predicted molar refractivity (Wildman–Crippen MR) is 86.4 cm³/mol. The molecule has 1 aliphatic heterocycles. The summed E-state index contributed by atoms with van der Waals surface area (Å²) in [6.07, 6.45) is 3.46. The highest BCUT2D eigenvalue weighted by atomic mass is 32.2. The number of nitrogens with zero attached hydrogens (tertiary/aromatic N) is 1. The maximum atomic E-state index is 12.5. The number of amides is 3. The second-order valence-electron chi connectivity index (χ2n) is 6.08. The molecule has 3 amide bonds. The van der Waals surface area contributed by atoms with E-state index in [9.17, 15) is 14.4 Å². The maximum absolute atomic E-state index is 12.5. The van der Waals surface area contributed by atoms with E-state index in [0.717, 1.165) is 37.4 Å². The second-order valence-corrected chi connectivity index (χ2v) is 7.00. The van der Waals surface area contributed by atoms with Crippen molar-refractivity contribution in [1.29, 1.82) is 0 Å². The van der Waals surface area contributed by atoms with Crippen LogP contribution in [-0.2, 0) is 4.79 Å². The molecule has 0 radical (unpaired) electrons. The standard InChI is InChI=1S/C16H20N2O4S/c1-9-7-11(10(2)22-9)15(20)17-12-5-3-4-6-13(12)18-14(19)8-23-16(18)21/h7,12-13H,3-6,8H2,1-2H3,(H,17,20)/t12-,13-/m0/s1. The molecule has 3 rings (SSSR count). The van der Waals surface area contributed by atoms with Crippen molar-refractivity contribution in [2.45, 2.75) is 51.6 Å². The summed E-state index contributed by atoms with van der Waals surface area (Å²) in [7, 11) is 0. The van der Waals surface area contributed by atoms with Crippen molar-refractivity contribution in [3.05, 3.63) is 23.2 Å². The Morgan fingerprint density at radius 3 is 2.65 bits per heavy atom. The molecule has 1 N–H and O–H groups in total. The minimum Gasteiger partial charge on any atom is -0.466 e. The van der Waals surface area contributed by atoms with E-state index < -0.39 is 0 Å². The maximum Gasteiger partial charge on any atom is 0.289 e. The highest BCUT2D eigenvalue weighted by Gasteiger charge is 2.41. The van der Waals surface area contributed by atoms with Crippen LogP contribution in [-0.4, -0.2) is 39.8 Å². The Kier molecular flexibility index (Phi) is 4.48. The Hall–Kier alpha value is -1.76. The monoisotopic (exact) mass is 336 g/mol. The number of furan rings is 1. The molecule has 1 saturated heterocycles. The first-order chi connectivity index (χ1) is 11.0. The molecule has 1 aromatic rings. The van der Waals surface area contributed by atoms with Gasteiger partial charge in [-0.25, -0.2) is 0 Å². The van der Waals surface area contributed by atoms with E-state index in [1.54, 1.807) is 19.9 Å². The average molecular weight is 336 g/mol. The molecule has 0 unspecified atom stereocenters. The molecule has 2 heterocycles. The SMILES string of the molecule is Cc1cc(C(=O)N[C@H]2CCCC[C@@H]2N2C(=O)CSC2=O)c(C)o1. The molecular weight excluding hydrogens is 316 g/mol. The Morgan fingerprint density at radius 1 is 1.30 bits per heavy atom. The van der Waals surface area contributed by atoms with E-state index >= 15 is 0 Å². The predicted octanol–water partition coefficient (Wildman–Crippen LogP) is 2.63. The first-order valence-corrected chi connectivity index (χ1v) is 8.82. The van der Waals surface area contributed by atoms with Crippen molar-refractivity contribution in [3.63, 3.8) is 0 Å². The molecule has 2 atom stereocenters. The van der Waals surface area contributed by atoms with Gasteiger partial charge in [0.1, 0.15) is 11.5 Å². The number of thioether (sulfide) groups is 1. The van der Waals surface area contributed by atoms with E-state index in [4.69, 9.17) is 4.42 Å². The molecule has 0 spiro atoms. The van der Waals surface area contributed by atoms with Crippen LogP contribution >= 0.6 is 11.8 Å². The Balaban J connectivity index is 1.76. The van der Waals surface area contributed by atoms with Gasteiger partial charge >= 0.3 is 0 Å². The molecule has 0 bridgehead atoms. The number of hydrogen-bond donors (Lipinski definition) is 1. The number of carbonyl (C=O) groups excluding carboxylic acids is 3. The fourth-order valence-electron chi connectivity index (χ4n) is 3.38. The largest absolute Gasteiger partial charge is 0.466 e. The lowest BCUT2D eigenvalue weighted by Gasteiger charge is -2.36. The smallest absolute Gasteiger partial charge is 0.289 e. The molecule has 0 aromatic carbocycles. The summed E-state index contributed by atoms with van der Waals surface area (Å²) >= 11 is 1.04. The summed E-state index contributed by atoms with van der Waals surface area (Å²) in [6.45, 7) is 3.55. The van der Waals surface area contributed by atoms with Crippen molar-refractivity contribution >= 4 is 28.8 Å². The number of rotatable bonds is 3. The summed E-state index contributed by atoms with van der Waals surface area (Å²) in [4.78, 5) is 37.8. The topological polar surface area (TPSA) is 79.6 Å². The average Bonchev–Trinajstić information content (AvgIpc) is 3.02. The van der Waals surface area contributed by atoms with Crippen LogP contribution in [0.3, 0.4) is 0 Å². The van der Waals surface area contributed by atoms with Gasteiger partial charge in [0.2, 0.25) is 5.91 Å². The van der Waals surface area contributed by atoms with Gasteiger partial charge in [-0.1, -0.05) is 24.6 Å². The number of aryl methyl sites for hydroxylation is 2. The van der Waals surface area contributed by atoms with Crippen molar-refractivity contribution in [2.24, 2.45) is 0 Å². The normalized spacial score (nSPS) is 25.0. The van der Waals surface area contributed by atoms with Gasteiger partial charge in [0.15, 0.2) is 0 Å². The van der Waals surface area contributed by atoms with Gasteiger partial charge in [0.05, 0.1) is 23.4 Å². The van der Waals surface area contributed by atoms with Gasteiger partial charge in [-0.2, -0.15) is 0 Å². The zero-order valence-electron chi connectivity index (χ0n) is 13.3. The summed E-state index contributed by atoms with van der Waals surface area (Å²) in [5.74, 6) is 1.12. The van der Waals surface area contributed by atoms with Gasteiger partial charge in [-0.15, -0.1) is 0 Å². The molecule has 6 nitrogen and oxygen atoms in total.